The van der Waals surface area contributed by atoms with E-state index in [0.717, 1.165) is 4.90 Å². The summed E-state index contributed by atoms with van der Waals surface area (Å²) in [7, 11) is 0. The van der Waals surface area contributed by atoms with E-state index < -0.39 is 84.5 Å². The predicted molar refractivity (Wildman–Crippen MR) is 121 cm³/mol. The van der Waals surface area contributed by atoms with E-state index in [1.807, 2.05) is 0 Å². The van der Waals surface area contributed by atoms with Crippen LogP contribution >= 0.6 is 0 Å². The number of likely N-dealkylation sites (tertiary alicyclic amines) is 1. The number of carbonyl (C=O) groups excluding carboxylic acids is 4. The summed E-state index contributed by atoms with van der Waals surface area (Å²) in [5.74, 6) is -5.10. The van der Waals surface area contributed by atoms with Crippen molar-refractivity contribution in [1.29, 1.82) is 0 Å². The van der Waals surface area contributed by atoms with Crippen LogP contribution in [0.2, 0.25) is 0 Å². The maximum atomic E-state index is 12.8. The van der Waals surface area contributed by atoms with Gasteiger partial charge in [-0.15, -0.1) is 0 Å². The fourth-order valence-corrected chi connectivity index (χ4v) is 3.59. The van der Waals surface area contributed by atoms with Gasteiger partial charge >= 0.3 is 5.97 Å². The van der Waals surface area contributed by atoms with Gasteiger partial charge in [0.15, 0.2) is 0 Å². The van der Waals surface area contributed by atoms with Crippen LogP contribution in [0.1, 0.15) is 40.5 Å². The number of carboxylic acids is 1. The number of amides is 4. The molecule has 14 nitrogen and oxygen atoms in total. The molecule has 200 valence electrons. The Morgan fingerprint density at radius 2 is 1.46 bits per heavy atom. The fourth-order valence-electron chi connectivity index (χ4n) is 3.59. The molecule has 4 amide bonds. The Hall–Kier alpha value is -2.81. The summed E-state index contributed by atoms with van der Waals surface area (Å²) < 4.78 is 0. The minimum absolute atomic E-state index is 0.142. The molecule has 0 unspecified atom stereocenters. The van der Waals surface area contributed by atoms with Crippen LogP contribution in [0.25, 0.3) is 0 Å². The van der Waals surface area contributed by atoms with Crippen molar-refractivity contribution in [1.82, 2.24) is 20.9 Å². The van der Waals surface area contributed by atoms with Crippen molar-refractivity contribution >= 4 is 29.6 Å². The molecule has 9 N–H and O–H groups in total. The number of aliphatic hydroxyl groups is 3. The van der Waals surface area contributed by atoms with Crippen molar-refractivity contribution in [3.63, 3.8) is 0 Å². The first kappa shape index (κ1) is 30.2. The lowest BCUT2D eigenvalue weighted by Crippen LogP contribution is -2.62. The quantitative estimate of drug-likeness (QED) is 0.130. The molecule has 0 radical (unpaired) electrons. The monoisotopic (exact) mass is 503 g/mol. The highest BCUT2D eigenvalue weighted by Crippen LogP contribution is 2.18. The fraction of sp³-hybridized carbons (Fsp3) is 0.762. The van der Waals surface area contributed by atoms with Gasteiger partial charge in [-0.1, -0.05) is 13.8 Å². The third kappa shape index (κ3) is 8.13. The Morgan fingerprint density at radius 3 is 1.91 bits per heavy atom. The molecule has 1 saturated heterocycles. The number of aliphatic hydroxyl groups excluding tert-OH is 3. The van der Waals surface area contributed by atoms with Gasteiger partial charge in [0.05, 0.1) is 18.8 Å². The van der Waals surface area contributed by atoms with E-state index in [0.29, 0.717) is 6.42 Å². The highest BCUT2D eigenvalue weighted by atomic mass is 16.4. The first-order valence-corrected chi connectivity index (χ1v) is 11.4. The molecule has 35 heavy (non-hydrogen) atoms. The minimum atomic E-state index is -1.57. The van der Waals surface area contributed by atoms with Crippen LogP contribution in [0.3, 0.4) is 0 Å². The molecule has 14 heteroatoms. The highest BCUT2D eigenvalue weighted by Gasteiger charge is 2.39. The lowest BCUT2D eigenvalue weighted by Gasteiger charge is -2.30. The first-order valence-electron chi connectivity index (χ1n) is 11.4. The average molecular weight is 504 g/mol. The minimum Gasteiger partial charge on any atom is -0.480 e. The van der Waals surface area contributed by atoms with Crippen molar-refractivity contribution in [3.8, 4) is 0 Å². The molecule has 0 bridgehead atoms. The van der Waals surface area contributed by atoms with Crippen LogP contribution < -0.4 is 21.7 Å². The van der Waals surface area contributed by atoms with Gasteiger partial charge in [-0.25, -0.2) is 4.79 Å². The van der Waals surface area contributed by atoms with E-state index in [-0.39, 0.29) is 13.0 Å². The third-order valence-corrected chi connectivity index (χ3v) is 5.75. The maximum Gasteiger partial charge on any atom is 0.326 e. The second-order valence-electron chi connectivity index (χ2n) is 9.00. The zero-order valence-corrected chi connectivity index (χ0v) is 20.3. The molecule has 7 atom stereocenters. The number of aliphatic carboxylic acids is 1. The summed E-state index contributed by atoms with van der Waals surface area (Å²) in [6.45, 7) is 5.06. The molecular formula is C21H37N5O9. The topological polar surface area (TPSA) is 232 Å². The Balaban J connectivity index is 2.95. The Kier molecular flexibility index (Phi) is 11.5. The van der Waals surface area contributed by atoms with E-state index in [1.165, 1.54) is 13.8 Å². The largest absolute Gasteiger partial charge is 0.480 e. The van der Waals surface area contributed by atoms with E-state index >= 15 is 0 Å². The molecule has 1 heterocycles. The summed E-state index contributed by atoms with van der Waals surface area (Å²) >= 11 is 0. The first-order chi connectivity index (χ1) is 16.2. The zero-order chi connectivity index (χ0) is 27.0. The van der Waals surface area contributed by atoms with E-state index in [9.17, 15) is 44.4 Å². The summed E-state index contributed by atoms with van der Waals surface area (Å²) in [6.07, 6.45) is -1.93. The zero-order valence-electron chi connectivity index (χ0n) is 20.3. The van der Waals surface area contributed by atoms with E-state index in [2.05, 4.69) is 16.0 Å². The second kappa shape index (κ2) is 13.3. The van der Waals surface area contributed by atoms with Crippen molar-refractivity contribution < 1.29 is 44.4 Å². The maximum absolute atomic E-state index is 12.8. The SMILES string of the molecule is CC(C)[C@H](NC(=O)[C@@H](N)[C@@H](C)O)C(=O)N[C@H](C(=O)N[C@@H](CO)C(=O)N1CCC[C@H]1C(=O)O)[C@@H](C)O. The Labute approximate surface area is 203 Å². The van der Waals surface area contributed by atoms with Crippen molar-refractivity contribution in [2.75, 3.05) is 13.2 Å². The molecule has 1 aliphatic heterocycles. The number of rotatable bonds is 12. The summed E-state index contributed by atoms with van der Waals surface area (Å²) in [5, 5.41) is 45.5. The standard InChI is InChI=1S/C21H37N5O9/c1-9(2)15(24-17(30)14(22)10(3)28)18(31)25-16(11(4)29)19(32)23-12(8-27)20(33)26-7-5-6-13(26)21(34)35/h9-16,27-29H,5-8,22H2,1-4H3,(H,23,32)(H,24,30)(H,25,31)(H,34,35)/t10-,11-,12+,13+,14+,15+,16+/m1/s1. The molecule has 0 aromatic carbocycles. The molecule has 0 aromatic heterocycles. The number of nitrogens with two attached hydrogens (primary N) is 1. The lowest BCUT2D eigenvalue weighted by molar-refractivity contribution is -0.150. The number of hydrogen-bond donors (Lipinski definition) is 8. The predicted octanol–water partition coefficient (Wildman–Crippen LogP) is -3.75. The van der Waals surface area contributed by atoms with Gasteiger partial charge in [-0.2, -0.15) is 0 Å². The van der Waals surface area contributed by atoms with Crippen LogP contribution in [0.4, 0.5) is 0 Å². The molecule has 0 aromatic rings. The van der Waals surface area contributed by atoms with Gasteiger partial charge in [0.1, 0.15) is 30.2 Å². The molecule has 1 fully saturated rings. The van der Waals surface area contributed by atoms with E-state index in [1.54, 1.807) is 13.8 Å². The number of hydrogen-bond acceptors (Lipinski definition) is 9. The molecule has 0 saturated carbocycles. The van der Waals surface area contributed by atoms with Crippen molar-refractivity contribution in [2.45, 2.75) is 83.0 Å². The number of nitrogens with zero attached hydrogens (tertiary/aromatic N) is 1. The Bertz CT molecular complexity index is 789. The summed E-state index contributed by atoms with van der Waals surface area (Å²) in [5.41, 5.74) is 5.59. The number of nitrogens with one attached hydrogen (secondary N) is 3. The summed E-state index contributed by atoms with van der Waals surface area (Å²) in [6, 6.07) is -6.61. The molecule has 1 aliphatic rings. The van der Waals surface area contributed by atoms with Crippen LogP contribution in [-0.4, -0.2) is 110 Å². The van der Waals surface area contributed by atoms with Gasteiger partial charge in [0.2, 0.25) is 23.6 Å². The van der Waals surface area contributed by atoms with Crippen molar-refractivity contribution in [2.24, 2.45) is 11.7 Å². The molecule has 0 spiro atoms. The van der Waals surface area contributed by atoms with Crippen LogP contribution in [0, 0.1) is 5.92 Å². The normalized spacial score (nSPS) is 20.8. The van der Waals surface area contributed by atoms with Gasteiger partial charge in [0.25, 0.3) is 0 Å². The molecular weight excluding hydrogens is 466 g/mol. The third-order valence-electron chi connectivity index (χ3n) is 5.75. The smallest absolute Gasteiger partial charge is 0.326 e. The summed E-state index contributed by atoms with van der Waals surface area (Å²) in [4.78, 5) is 63.0. The highest BCUT2D eigenvalue weighted by molar-refractivity contribution is 5.96. The molecule has 1 rings (SSSR count). The lowest BCUT2D eigenvalue weighted by atomic mass is 10.0. The van der Waals surface area contributed by atoms with Crippen LogP contribution in [0.15, 0.2) is 0 Å². The van der Waals surface area contributed by atoms with Crippen LogP contribution in [-0.2, 0) is 24.0 Å². The van der Waals surface area contributed by atoms with Crippen LogP contribution in [0.5, 0.6) is 0 Å². The van der Waals surface area contributed by atoms with E-state index in [4.69, 9.17) is 5.73 Å². The average Bonchev–Trinajstić information content (AvgIpc) is 3.27. The van der Waals surface area contributed by atoms with Gasteiger partial charge in [-0.05, 0) is 32.6 Å². The molecule has 0 aliphatic carbocycles. The van der Waals surface area contributed by atoms with Gasteiger partial charge < -0.3 is 47.0 Å². The van der Waals surface area contributed by atoms with Gasteiger partial charge in [0, 0.05) is 6.54 Å². The van der Waals surface area contributed by atoms with Gasteiger partial charge in [-0.3, -0.25) is 19.2 Å². The van der Waals surface area contributed by atoms with Crippen molar-refractivity contribution in [3.05, 3.63) is 0 Å². The number of carboxylic acid groups (broad SMARTS) is 1. The number of carbonyl (C=O) groups is 5. The second-order valence-corrected chi connectivity index (χ2v) is 9.00. The Morgan fingerprint density at radius 1 is 0.914 bits per heavy atom.